The van der Waals surface area contributed by atoms with E-state index in [4.69, 9.17) is 4.42 Å². The number of hydrogen-bond donors (Lipinski definition) is 1. The SMILES string of the molecule is Cc1cc2nc(-c3ccc(CNC(=O)c4ccc(C(C)(C)C)cc4)cc3)oc2cc1C. The quantitative estimate of drug-likeness (QED) is 0.425. The zero-order valence-electron chi connectivity index (χ0n) is 18.7. The van der Waals surface area contributed by atoms with Crippen molar-refractivity contribution in [3.8, 4) is 11.5 Å². The van der Waals surface area contributed by atoms with E-state index in [-0.39, 0.29) is 11.3 Å². The zero-order chi connectivity index (χ0) is 22.2. The van der Waals surface area contributed by atoms with Crippen molar-refractivity contribution in [2.75, 3.05) is 0 Å². The molecule has 1 aromatic heterocycles. The first kappa shape index (κ1) is 20.9. The van der Waals surface area contributed by atoms with Gasteiger partial charge in [0.1, 0.15) is 5.52 Å². The first-order valence-corrected chi connectivity index (χ1v) is 10.6. The minimum Gasteiger partial charge on any atom is -0.436 e. The number of nitrogens with zero attached hydrogens (tertiary/aromatic N) is 1. The van der Waals surface area contributed by atoms with Gasteiger partial charge in [-0.1, -0.05) is 45.0 Å². The molecule has 4 aromatic rings. The van der Waals surface area contributed by atoms with Crippen LogP contribution in [-0.2, 0) is 12.0 Å². The summed E-state index contributed by atoms with van der Waals surface area (Å²) in [6.07, 6.45) is 0. The fraction of sp³-hybridized carbons (Fsp3) is 0.259. The molecule has 4 heteroatoms. The second-order valence-electron chi connectivity index (χ2n) is 9.13. The molecule has 3 aromatic carbocycles. The molecule has 4 rings (SSSR count). The molecular formula is C27H28N2O2. The summed E-state index contributed by atoms with van der Waals surface area (Å²) in [5.41, 5.74) is 7.94. The third kappa shape index (κ3) is 4.53. The van der Waals surface area contributed by atoms with E-state index < -0.39 is 0 Å². The van der Waals surface area contributed by atoms with Crippen LogP contribution in [0.5, 0.6) is 0 Å². The van der Waals surface area contributed by atoms with Crippen molar-refractivity contribution >= 4 is 17.0 Å². The molecule has 0 saturated carbocycles. The van der Waals surface area contributed by atoms with Crippen molar-refractivity contribution < 1.29 is 9.21 Å². The van der Waals surface area contributed by atoms with Crippen LogP contribution in [0.1, 0.15) is 53.4 Å². The van der Waals surface area contributed by atoms with Gasteiger partial charge in [0.05, 0.1) is 0 Å². The highest BCUT2D eigenvalue weighted by molar-refractivity contribution is 5.94. The van der Waals surface area contributed by atoms with E-state index >= 15 is 0 Å². The first-order chi connectivity index (χ1) is 14.7. The Balaban J connectivity index is 1.42. The smallest absolute Gasteiger partial charge is 0.251 e. The van der Waals surface area contributed by atoms with Gasteiger partial charge in [-0.05, 0) is 77.9 Å². The molecule has 0 aliphatic rings. The highest BCUT2D eigenvalue weighted by atomic mass is 16.3. The molecule has 0 atom stereocenters. The number of carbonyl (C=O) groups excluding carboxylic acids is 1. The maximum atomic E-state index is 12.5. The average molecular weight is 413 g/mol. The molecule has 0 aliphatic heterocycles. The van der Waals surface area contributed by atoms with Gasteiger partial charge in [-0.15, -0.1) is 0 Å². The largest absolute Gasteiger partial charge is 0.436 e. The van der Waals surface area contributed by atoms with Gasteiger partial charge in [-0.2, -0.15) is 0 Å². The molecule has 158 valence electrons. The van der Waals surface area contributed by atoms with Gasteiger partial charge < -0.3 is 9.73 Å². The molecule has 4 nitrogen and oxygen atoms in total. The fourth-order valence-corrected chi connectivity index (χ4v) is 3.47. The minimum absolute atomic E-state index is 0.0725. The number of amides is 1. The number of benzene rings is 3. The van der Waals surface area contributed by atoms with Crippen LogP contribution in [0.15, 0.2) is 65.1 Å². The molecule has 31 heavy (non-hydrogen) atoms. The van der Waals surface area contributed by atoms with Crippen molar-refractivity contribution in [3.05, 3.63) is 88.5 Å². The Bertz CT molecular complexity index is 1190. The van der Waals surface area contributed by atoms with Gasteiger partial charge in [-0.25, -0.2) is 4.98 Å². The second kappa shape index (κ2) is 8.03. The Morgan fingerprint density at radius 3 is 2.23 bits per heavy atom. The number of hydrogen-bond acceptors (Lipinski definition) is 3. The van der Waals surface area contributed by atoms with Crippen LogP contribution in [0.25, 0.3) is 22.6 Å². The normalized spacial score (nSPS) is 11.6. The lowest BCUT2D eigenvalue weighted by molar-refractivity contribution is 0.0951. The maximum Gasteiger partial charge on any atom is 0.251 e. The van der Waals surface area contributed by atoms with E-state index in [0.717, 1.165) is 22.2 Å². The van der Waals surface area contributed by atoms with E-state index in [0.29, 0.717) is 18.0 Å². The molecule has 0 radical (unpaired) electrons. The average Bonchev–Trinajstić information content (AvgIpc) is 3.15. The highest BCUT2D eigenvalue weighted by Gasteiger charge is 2.14. The Morgan fingerprint density at radius 2 is 1.58 bits per heavy atom. The van der Waals surface area contributed by atoms with Crippen molar-refractivity contribution in [1.29, 1.82) is 0 Å². The minimum atomic E-state index is -0.0748. The molecule has 1 heterocycles. The fourth-order valence-electron chi connectivity index (χ4n) is 3.47. The summed E-state index contributed by atoms with van der Waals surface area (Å²) in [5, 5.41) is 2.99. The van der Waals surface area contributed by atoms with Crippen LogP contribution in [0.3, 0.4) is 0 Å². The third-order valence-corrected chi connectivity index (χ3v) is 5.67. The van der Waals surface area contributed by atoms with Gasteiger partial charge >= 0.3 is 0 Å². The molecule has 0 fully saturated rings. The molecule has 0 bridgehead atoms. The number of fused-ring (bicyclic) bond motifs is 1. The van der Waals surface area contributed by atoms with Crippen LogP contribution in [0.4, 0.5) is 0 Å². The molecule has 1 N–H and O–H groups in total. The van der Waals surface area contributed by atoms with E-state index in [1.165, 1.54) is 16.7 Å². The number of rotatable bonds is 4. The summed E-state index contributed by atoms with van der Waals surface area (Å²) in [6.45, 7) is 11.1. The van der Waals surface area contributed by atoms with E-state index in [2.05, 4.69) is 51.0 Å². The highest BCUT2D eigenvalue weighted by Crippen LogP contribution is 2.26. The summed E-state index contributed by atoms with van der Waals surface area (Å²) in [6, 6.07) is 19.8. The van der Waals surface area contributed by atoms with Gasteiger partial charge in [0.2, 0.25) is 5.89 Å². The van der Waals surface area contributed by atoms with Crippen LogP contribution in [0.2, 0.25) is 0 Å². The predicted octanol–water partition coefficient (Wildman–Crippen LogP) is 6.34. The standard InChI is InChI=1S/C27H28N2O2/c1-17-14-23-24(15-18(17)2)31-26(29-23)21-8-6-19(7-9-21)16-28-25(30)20-10-12-22(13-11-20)27(3,4)5/h6-15H,16H2,1-5H3,(H,28,30). The number of aromatic nitrogens is 1. The van der Waals surface area contributed by atoms with Crippen molar-refractivity contribution in [2.45, 2.75) is 46.6 Å². The van der Waals surface area contributed by atoms with Gasteiger partial charge in [0.25, 0.3) is 5.91 Å². The first-order valence-electron chi connectivity index (χ1n) is 10.6. The van der Waals surface area contributed by atoms with Crippen LogP contribution < -0.4 is 5.32 Å². The Kier molecular flexibility index (Phi) is 5.40. The van der Waals surface area contributed by atoms with Crippen LogP contribution >= 0.6 is 0 Å². The number of aryl methyl sites for hydroxylation is 2. The van der Waals surface area contributed by atoms with Gasteiger partial charge in [0.15, 0.2) is 5.58 Å². The summed E-state index contributed by atoms with van der Waals surface area (Å²) in [4.78, 5) is 17.1. The molecule has 0 aliphatic carbocycles. The van der Waals surface area contributed by atoms with Crippen molar-refractivity contribution in [2.24, 2.45) is 0 Å². The summed E-state index contributed by atoms with van der Waals surface area (Å²) in [7, 11) is 0. The monoisotopic (exact) mass is 412 g/mol. The molecule has 1 amide bonds. The van der Waals surface area contributed by atoms with Crippen molar-refractivity contribution in [3.63, 3.8) is 0 Å². The van der Waals surface area contributed by atoms with E-state index in [9.17, 15) is 4.79 Å². The van der Waals surface area contributed by atoms with Crippen LogP contribution in [-0.4, -0.2) is 10.9 Å². The van der Waals surface area contributed by atoms with E-state index in [1.807, 2.05) is 54.6 Å². The number of oxazole rings is 1. The second-order valence-corrected chi connectivity index (χ2v) is 9.13. The third-order valence-electron chi connectivity index (χ3n) is 5.67. The Morgan fingerprint density at radius 1 is 0.935 bits per heavy atom. The van der Waals surface area contributed by atoms with Gasteiger partial charge in [0, 0.05) is 17.7 Å². The van der Waals surface area contributed by atoms with Crippen molar-refractivity contribution in [1.82, 2.24) is 10.3 Å². The predicted molar refractivity (Wildman–Crippen MR) is 125 cm³/mol. The lowest BCUT2D eigenvalue weighted by Gasteiger charge is -2.19. The Labute approximate surface area is 183 Å². The summed E-state index contributed by atoms with van der Waals surface area (Å²) in [5.74, 6) is 0.531. The molecule has 0 spiro atoms. The number of nitrogens with one attached hydrogen (secondary N) is 1. The van der Waals surface area contributed by atoms with Crippen LogP contribution in [0, 0.1) is 13.8 Å². The molecular weight excluding hydrogens is 384 g/mol. The lowest BCUT2D eigenvalue weighted by atomic mass is 9.87. The molecule has 0 unspecified atom stereocenters. The number of carbonyl (C=O) groups is 1. The topological polar surface area (TPSA) is 55.1 Å². The zero-order valence-corrected chi connectivity index (χ0v) is 18.7. The summed E-state index contributed by atoms with van der Waals surface area (Å²) >= 11 is 0. The summed E-state index contributed by atoms with van der Waals surface area (Å²) < 4.78 is 5.94. The molecule has 0 saturated heterocycles. The maximum absolute atomic E-state index is 12.5. The lowest BCUT2D eigenvalue weighted by Crippen LogP contribution is -2.23. The Hall–Kier alpha value is -3.40. The van der Waals surface area contributed by atoms with E-state index in [1.54, 1.807) is 0 Å². The van der Waals surface area contributed by atoms with Gasteiger partial charge in [-0.3, -0.25) is 4.79 Å².